The number of pyridine rings is 1. The lowest BCUT2D eigenvalue weighted by Crippen LogP contribution is -2.43. The average Bonchev–Trinajstić information content (AvgIpc) is 2.66. The molecule has 5 heteroatoms. The van der Waals surface area contributed by atoms with E-state index in [9.17, 15) is 4.79 Å². The number of hydrogen-bond donors (Lipinski definition) is 1. The number of halogens is 1. The first-order valence-corrected chi connectivity index (χ1v) is 7.63. The number of aromatic nitrogens is 1. The third-order valence-corrected chi connectivity index (χ3v) is 5.05. The van der Waals surface area contributed by atoms with Crippen molar-refractivity contribution in [1.29, 1.82) is 0 Å². The second-order valence-corrected chi connectivity index (χ2v) is 6.30. The van der Waals surface area contributed by atoms with Gasteiger partial charge in [0.15, 0.2) is 0 Å². The Morgan fingerprint density at radius 2 is 2.15 bits per heavy atom. The van der Waals surface area contributed by atoms with E-state index in [1.54, 1.807) is 18.3 Å². The van der Waals surface area contributed by atoms with E-state index in [2.05, 4.69) is 22.2 Å². The summed E-state index contributed by atoms with van der Waals surface area (Å²) in [5.74, 6) is 0.470. The number of piperidine rings is 1. The molecule has 2 saturated heterocycles. The van der Waals surface area contributed by atoms with Crippen LogP contribution in [0.2, 0.25) is 5.15 Å². The molecule has 0 spiro atoms. The first kappa shape index (κ1) is 13.8. The largest absolute Gasteiger partial charge is 0.352 e. The molecule has 2 aliphatic rings. The van der Waals surface area contributed by atoms with Gasteiger partial charge in [0.25, 0.3) is 5.91 Å². The van der Waals surface area contributed by atoms with Crippen LogP contribution in [0.5, 0.6) is 0 Å². The fourth-order valence-corrected chi connectivity index (χ4v) is 3.78. The molecule has 3 rings (SSSR count). The van der Waals surface area contributed by atoms with Crippen LogP contribution in [0.3, 0.4) is 0 Å². The third-order valence-electron chi connectivity index (χ3n) is 4.75. The molecule has 2 atom stereocenters. The fraction of sp³-hybridized carbons (Fsp3) is 0.600. The van der Waals surface area contributed by atoms with Gasteiger partial charge in [0.05, 0.1) is 5.56 Å². The smallest absolute Gasteiger partial charge is 0.254 e. The summed E-state index contributed by atoms with van der Waals surface area (Å²) >= 11 is 5.94. The number of carbonyl (C=O) groups is 1. The van der Waals surface area contributed by atoms with Crippen LogP contribution < -0.4 is 5.32 Å². The van der Waals surface area contributed by atoms with Gasteiger partial charge in [-0.05, 0) is 50.8 Å². The molecule has 2 unspecified atom stereocenters. The molecule has 2 aliphatic heterocycles. The zero-order chi connectivity index (χ0) is 14.1. The van der Waals surface area contributed by atoms with Crippen LogP contribution in [-0.4, -0.2) is 41.5 Å². The molecule has 0 aromatic carbocycles. The maximum atomic E-state index is 12.1. The topological polar surface area (TPSA) is 45.2 Å². The van der Waals surface area contributed by atoms with Crippen molar-refractivity contribution < 1.29 is 4.79 Å². The second-order valence-electron chi connectivity index (χ2n) is 5.94. The summed E-state index contributed by atoms with van der Waals surface area (Å²) in [6.45, 7) is 0.741. The molecule has 1 aromatic heterocycles. The van der Waals surface area contributed by atoms with Crippen LogP contribution in [0.25, 0.3) is 0 Å². The minimum Gasteiger partial charge on any atom is -0.352 e. The van der Waals surface area contributed by atoms with E-state index in [0.29, 0.717) is 23.6 Å². The van der Waals surface area contributed by atoms with Crippen molar-refractivity contribution in [1.82, 2.24) is 15.2 Å². The summed E-state index contributed by atoms with van der Waals surface area (Å²) in [6.07, 6.45) is 6.58. The van der Waals surface area contributed by atoms with Crippen molar-refractivity contribution in [3.63, 3.8) is 0 Å². The molecule has 0 saturated carbocycles. The standard InChI is InChI=1S/C15H20ClN3O/c1-19-11-4-5-12(19)8-10(7-11)9-18-15(20)13-3-2-6-17-14(13)16/h2-3,6,10-12H,4-5,7-9H2,1H3,(H,18,20). The molecule has 1 amide bonds. The maximum absolute atomic E-state index is 12.1. The van der Waals surface area contributed by atoms with Gasteiger partial charge in [0, 0.05) is 24.8 Å². The van der Waals surface area contributed by atoms with Crippen molar-refractivity contribution in [2.45, 2.75) is 37.8 Å². The lowest BCUT2D eigenvalue weighted by Gasteiger charge is -2.36. The van der Waals surface area contributed by atoms with Crippen LogP contribution in [0, 0.1) is 5.92 Å². The number of amides is 1. The molecule has 108 valence electrons. The minimum atomic E-state index is -0.116. The second kappa shape index (κ2) is 5.70. The lowest BCUT2D eigenvalue weighted by molar-refractivity contribution is 0.0917. The first-order chi connectivity index (χ1) is 9.65. The summed E-state index contributed by atoms with van der Waals surface area (Å²) in [7, 11) is 2.23. The van der Waals surface area contributed by atoms with Gasteiger partial charge >= 0.3 is 0 Å². The number of nitrogens with one attached hydrogen (secondary N) is 1. The van der Waals surface area contributed by atoms with E-state index >= 15 is 0 Å². The van der Waals surface area contributed by atoms with E-state index < -0.39 is 0 Å². The van der Waals surface area contributed by atoms with Crippen LogP contribution >= 0.6 is 11.6 Å². The highest BCUT2D eigenvalue weighted by Crippen LogP contribution is 2.37. The Hall–Kier alpha value is -1.13. The summed E-state index contributed by atoms with van der Waals surface area (Å²) in [5, 5.41) is 3.28. The van der Waals surface area contributed by atoms with E-state index in [-0.39, 0.29) is 11.1 Å². The van der Waals surface area contributed by atoms with E-state index in [4.69, 9.17) is 11.6 Å². The highest BCUT2D eigenvalue weighted by atomic mass is 35.5. The molecule has 0 radical (unpaired) electrons. The van der Waals surface area contributed by atoms with Gasteiger partial charge in [-0.1, -0.05) is 11.6 Å². The molecule has 1 N–H and O–H groups in total. The van der Waals surface area contributed by atoms with Gasteiger partial charge < -0.3 is 10.2 Å². The van der Waals surface area contributed by atoms with Crippen molar-refractivity contribution >= 4 is 17.5 Å². The number of carbonyl (C=O) groups excluding carboxylic acids is 1. The highest BCUT2D eigenvalue weighted by molar-refractivity contribution is 6.32. The summed E-state index contributed by atoms with van der Waals surface area (Å²) < 4.78 is 0. The Balaban J connectivity index is 1.56. The molecular weight excluding hydrogens is 274 g/mol. The molecule has 0 aliphatic carbocycles. The van der Waals surface area contributed by atoms with Gasteiger partial charge in [-0.3, -0.25) is 4.79 Å². The predicted molar refractivity (Wildman–Crippen MR) is 78.9 cm³/mol. The Labute approximate surface area is 124 Å². The van der Waals surface area contributed by atoms with Gasteiger partial charge in [-0.2, -0.15) is 0 Å². The minimum absolute atomic E-state index is 0.116. The lowest BCUT2D eigenvalue weighted by atomic mass is 9.91. The SMILES string of the molecule is CN1C2CCC1CC(CNC(=O)c1cccnc1Cl)C2. The van der Waals surface area contributed by atoms with Crippen molar-refractivity contribution in [3.05, 3.63) is 29.0 Å². The predicted octanol–water partition coefficient (Wildman–Crippen LogP) is 2.34. The first-order valence-electron chi connectivity index (χ1n) is 7.26. The molecule has 3 heterocycles. The zero-order valence-corrected chi connectivity index (χ0v) is 12.4. The van der Waals surface area contributed by atoms with Crippen molar-refractivity contribution in [2.75, 3.05) is 13.6 Å². The Morgan fingerprint density at radius 1 is 1.45 bits per heavy atom. The number of hydrogen-bond acceptors (Lipinski definition) is 3. The number of nitrogens with zero attached hydrogens (tertiary/aromatic N) is 2. The number of rotatable bonds is 3. The highest BCUT2D eigenvalue weighted by Gasteiger charge is 2.38. The monoisotopic (exact) mass is 293 g/mol. The molecule has 1 aromatic rings. The van der Waals surface area contributed by atoms with Crippen molar-refractivity contribution in [2.24, 2.45) is 5.92 Å². The van der Waals surface area contributed by atoms with Gasteiger partial charge in [0.2, 0.25) is 0 Å². The van der Waals surface area contributed by atoms with E-state index in [1.807, 2.05) is 0 Å². The van der Waals surface area contributed by atoms with Crippen LogP contribution in [0.15, 0.2) is 18.3 Å². The summed E-state index contributed by atoms with van der Waals surface area (Å²) in [4.78, 5) is 18.6. The molecule has 4 nitrogen and oxygen atoms in total. The van der Waals surface area contributed by atoms with E-state index in [1.165, 1.54) is 25.7 Å². The molecule has 2 fully saturated rings. The zero-order valence-electron chi connectivity index (χ0n) is 11.7. The number of fused-ring (bicyclic) bond motifs is 2. The fourth-order valence-electron chi connectivity index (χ4n) is 3.58. The Morgan fingerprint density at radius 3 is 2.80 bits per heavy atom. The maximum Gasteiger partial charge on any atom is 0.254 e. The third kappa shape index (κ3) is 2.67. The van der Waals surface area contributed by atoms with Crippen LogP contribution in [0.4, 0.5) is 0 Å². The van der Waals surface area contributed by atoms with Crippen molar-refractivity contribution in [3.8, 4) is 0 Å². The molecular formula is C15H20ClN3O. The molecule has 20 heavy (non-hydrogen) atoms. The summed E-state index contributed by atoms with van der Waals surface area (Å²) in [5.41, 5.74) is 0.463. The van der Waals surface area contributed by atoms with Gasteiger partial charge in [0.1, 0.15) is 5.15 Å². The summed E-state index contributed by atoms with van der Waals surface area (Å²) in [6, 6.07) is 4.86. The van der Waals surface area contributed by atoms with Crippen LogP contribution in [0.1, 0.15) is 36.0 Å². The quantitative estimate of drug-likeness (QED) is 0.870. The Kier molecular flexibility index (Phi) is 3.94. The van der Waals surface area contributed by atoms with E-state index in [0.717, 1.165) is 6.54 Å². The average molecular weight is 294 g/mol. The van der Waals surface area contributed by atoms with Gasteiger partial charge in [-0.15, -0.1) is 0 Å². The van der Waals surface area contributed by atoms with Gasteiger partial charge in [-0.25, -0.2) is 4.98 Å². The normalized spacial score (nSPS) is 29.4. The molecule has 2 bridgehead atoms. The van der Waals surface area contributed by atoms with Crippen LogP contribution in [-0.2, 0) is 0 Å². The Bertz CT molecular complexity index is 494.